The van der Waals surface area contributed by atoms with Crippen molar-refractivity contribution in [2.24, 2.45) is 17.1 Å². The minimum Gasteiger partial charge on any atom is -0.465 e. The third kappa shape index (κ3) is 4.31. The van der Waals surface area contributed by atoms with Crippen LogP contribution < -0.4 is 5.73 Å². The molecule has 1 aromatic rings. The second-order valence-electron chi connectivity index (χ2n) is 6.39. The van der Waals surface area contributed by atoms with Gasteiger partial charge in [-0.1, -0.05) is 37.3 Å². The highest BCUT2D eigenvalue weighted by molar-refractivity contribution is 5.77. The second kappa shape index (κ2) is 7.60. The number of hydrogen-bond donors (Lipinski definition) is 1. The van der Waals surface area contributed by atoms with Crippen LogP contribution in [0.1, 0.15) is 44.6 Å². The Morgan fingerprint density at radius 3 is 2.57 bits per heavy atom. The molecule has 0 spiro atoms. The summed E-state index contributed by atoms with van der Waals surface area (Å²) in [5.74, 6) is 0.625. The van der Waals surface area contributed by atoms with Gasteiger partial charge in [0.25, 0.3) is 0 Å². The molecule has 0 bridgehead atoms. The molecule has 3 heteroatoms. The molecule has 0 saturated heterocycles. The number of rotatable bonds is 6. The fourth-order valence-corrected chi connectivity index (χ4v) is 3.05. The zero-order valence-electron chi connectivity index (χ0n) is 13.0. The van der Waals surface area contributed by atoms with E-state index in [0.29, 0.717) is 19.1 Å². The van der Waals surface area contributed by atoms with Crippen LogP contribution in [0.3, 0.4) is 0 Å². The van der Waals surface area contributed by atoms with Crippen LogP contribution in [0.4, 0.5) is 0 Å². The Bertz CT molecular complexity index is 436. The smallest absolute Gasteiger partial charge is 0.313 e. The molecule has 0 aromatic heterocycles. The summed E-state index contributed by atoms with van der Waals surface area (Å²) in [6.07, 6.45) is 5.73. The van der Waals surface area contributed by atoms with Gasteiger partial charge in [-0.15, -0.1) is 0 Å². The minimum absolute atomic E-state index is 0.0787. The molecule has 1 aliphatic carbocycles. The fourth-order valence-electron chi connectivity index (χ4n) is 3.05. The Balaban J connectivity index is 1.75. The first-order valence-corrected chi connectivity index (χ1v) is 8.07. The monoisotopic (exact) mass is 289 g/mol. The average molecular weight is 289 g/mol. The lowest BCUT2D eigenvalue weighted by Crippen LogP contribution is -2.42. The number of esters is 1. The van der Waals surface area contributed by atoms with Crippen molar-refractivity contribution in [1.82, 2.24) is 0 Å². The summed E-state index contributed by atoms with van der Waals surface area (Å²) in [5.41, 5.74) is 6.75. The minimum atomic E-state index is -0.417. The number of hydrogen-bond acceptors (Lipinski definition) is 3. The Hall–Kier alpha value is -1.35. The first-order valence-electron chi connectivity index (χ1n) is 8.07. The standard InChI is InChI=1S/C18H27NO2/c1-15-9-11-18(14-19,12-10-15)17(20)21-13-5-8-16-6-3-2-4-7-16/h2-4,6-7,15H,5,8-14,19H2,1H3. The summed E-state index contributed by atoms with van der Waals surface area (Å²) in [7, 11) is 0. The Kier molecular flexibility index (Phi) is 5.80. The summed E-state index contributed by atoms with van der Waals surface area (Å²) in [6.45, 7) is 3.15. The first-order chi connectivity index (χ1) is 10.2. The van der Waals surface area contributed by atoms with Crippen molar-refractivity contribution in [1.29, 1.82) is 0 Å². The lowest BCUT2D eigenvalue weighted by Gasteiger charge is -2.36. The summed E-state index contributed by atoms with van der Waals surface area (Å²) in [5, 5.41) is 0. The zero-order valence-corrected chi connectivity index (χ0v) is 13.0. The molecule has 1 aromatic carbocycles. The van der Waals surface area contributed by atoms with Crippen molar-refractivity contribution in [3.8, 4) is 0 Å². The molecule has 2 rings (SSSR count). The van der Waals surface area contributed by atoms with Crippen LogP contribution in [0, 0.1) is 11.3 Å². The van der Waals surface area contributed by atoms with Gasteiger partial charge in [-0.3, -0.25) is 4.79 Å². The lowest BCUT2D eigenvalue weighted by atomic mass is 9.71. The van der Waals surface area contributed by atoms with E-state index in [0.717, 1.165) is 38.5 Å². The predicted molar refractivity (Wildman–Crippen MR) is 84.8 cm³/mol. The fraction of sp³-hybridized carbons (Fsp3) is 0.611. The predicted octanol–water partition coefficient (Wildman–Crippen LogP) is 3.32. The van der Waals surface area contributed by atoms with Crippen LogP contribution in [-0.2, 0) is 16.0 Å². The number of carbonyl (C=O) groups is 1. The van der Waals surface area contributed by atoms with Gasteiger partial charge in [-0.25, -0.2) is 0 Å². The van der Waals surface area contributed by atoms with Gasteiger partial charge in [0, 0.05) is 6.54 Å². The maximum absolute atomic E-state index is 12.4. The lowest BCUT2D eigenvalue weighted by molar-refractivity contribution is -0.158. The van der Waals surface area contributed by atoms with Gasteiger partial charge < -0.3 is 10.5 Å². The van der Waals surface area contributed by atoms with E-state index in [1.807, 2.05) is 18.2 Å². The van der Waals surface area contributed by atoms with Crippen molar-refractivity contribution in [3.63, 3.8) is 0 Å². The summed E-state index contributed by atoms with van der Waals surface area (Å²) < 4.78 is 5.51. The molecule has 1 aliphatic rings. The van der Waals surface area contributed by atoms with Gasteiger partial charge in [-0.05, 0) is 50.0 Å². The highest BCUT2D eigenvalue weighted by atomic mass is 16.5. The number of benzene rings is 1. The SMILES string of the molecule is CC1CCC(CN)(C(=O)OCCCc2ccccc2)CC1. The molecular formula is C18H27NO2. The molecular weight excluding hydrogens is 262 g/mol. The number of carbonyl (C=O) groups excluding carboxylic acids is 1. The maximum Gasteiger partial charge on any atom is 0.313 e. The highest BCUT2D eigenvalue weighted by Gasteiger charge is 2.41. The Morgan fingerprint density at radius 2 is 1.95 bits per heavy atom. The maximum atomic E-state index is 12.4. The summed E-state index contributed by atoms with van der Waals surface area (Å²) in [6, 6.07) is 10.3. The van der Waals surface area contributed by atoms with E-state index in [2.05, 4.69) is 19.1 Å². The quantitative estimate of drug-likeness (QED) is 0.645. The Morgan fingerprint density at radius 1 is 1.29 bits per heavy atom. The van der Waals surface area contributed by atoms with Crippen LogP contribution in [-0.4, -0.2) is 19.1 Å². The third-order valence-corrected chi connectivity index (χ3v) is 4.74. The summed E-state index contributed by atoms with van der Waals surface area (Å²) >= 11 is 0. The molecule has 1 fully saturated rings. The van der Waals surface area contributed by atoms with Gasteiger partial charge in [0.15, 0.2) is 0 Å². The zero-order chi connectivity index (χ0) is 15.1. The number of aryl methyl sites for hydroxylation is 1. The highest BCUT2D eigenvalue weighted by Crippen LogP contribution is 2.39. The molecule has 116 valence electrons. The molecule has 0 unspecified atom stereocenters. The van der Waals surface area contributed by atoms with Gasteiger partial charge in [-0.2, -0.15) is 0 Å². The van der Waals surface area contributed by atoms with Crippen LogP contribution in [0.25, 0.3) is 0 Å². The molecule has 1 saturated carbocycles. The van der Waals surface area contributed by atoms with E-state index in [1.165, 1.54) is 5.56 Å². The van der Waals surface area contributed by atoms with Gasteiger partial charge in [0.05, 0.1) is 12.0 Å². The van der Waals surface area contributed by atoms with Gasteiger partial charge in [0.1, 0.15) is 0 Å². The van der Waals surface area contributed by atoms with Crippen molar-refractivity contribution >= 4 is 5.97 Å². The normalized spacial score (nSPS) is 25.5. The van der Waals surface area contributed by atoms with Gasteiger partial charge >= 0.3 is 5.97 Å². The molecule has 0 amide bonds. The molecule has 21 heavy (non-hydrogen) atoms. The van der Waals surface area contributed by atoms with Crippen LogP contribution in [0.15, 0.2) is 30.3 Å². The van der Waals surface area contributed by atoms with Crippen LogP contribution in [0.2, 0.25) is 0 Å². The Labute approximate surface area is 127 Å². The molecule has 3 nitrogen and oxygen atoms in total. The van der Waals surface area contributed by atoms with Gasteiger partial charge in [0.2, 0.25) is 0 Å². The largest absolute Gasteiger partial charge is 0.465 e. The molecule has 0 radical (unpaired) electrons. The molecule has 2 N–H and O–H groups in total. The molecule has 0 aliphatic heterocycles. The van der Waals surface area contributed by atoms with Crippen molar-refractivity contribution in [2.45, 2.75) is 45.4 Å². The van der Waals surface area contributed by atoms with E-state index in [4.69, 9.17) is 10.5 Å². The third-order valence-electron chi connectivity index (χ3n) is 4.74. The molecule has 0 heterocycles. The van der Waals surface area contributed by atoms with E-state index in [-0.39, 0.29) is 5.97 Å². The summed E-state index contributed by atoms with van der Waals surface area (Å²) in [4.78, 5) is 12.4. The molecule has 0 atom stereocenters. The van der Waals surface area contributed by atoms with E-state index < -0.39 is 5.41 Å². The van der Waals surface area contributed by atoms with Crippen molar-refractivity contribution in [2.75, 3.05) is 13.2 Å². The number of nitrogens with two attached hydrogens (primary N) is 1. The van der Waals surface area contributed by atoms with E-state index >= 15 is 0 Å². The van der Waals surface area contributed by atoms with Crippen molar-refractivity contribution in [3.05, 3.63) is 35.9 Å². The van der Waals surface area contributed by atoms with Crippen LogP contribution in [0.5, 0.6) is 0 Å². The number of ether oxygens (including phenoxy) is 1. The topological polar surface area (TPSA) is 52.3 Å². The first kappa shape index (κ1) is 16.0. The van der Waals surface area contributed by atoms with Crippen LogP contribution >= 0.6 is 0 Å². The van der Waals surface area contributed by atoms with E-state index in [1.54, 1.807) is 0 Å². The van der Waals surface area contributed by atoms with E-state index in [9.17, 15) is 4.79 Å². The van der Waals surface area contributed by atoms with Crippen molar-refractivity contribution < 1.29 is 9.53 Å². The average Bonchev–Trinajstić information content (AvgIpc) is 2.53. The second-order valence-corrected chi connectivity index (χ2v) is 6.39.